The second-order valence-electron chi connectivity index (χ2n) is 7.18. The molecule has 12 heteroatoms. The summed E-state index contributed by atoms with van der Waals surface area (Å²) in [7, 11) is -3.83. The van der Waals surface area contributed by atoms with Gasteiger partial charge in [0, 0.05) is 16.4 Å². The Labute approximate surface area is 191 Å². The number of nitrogens with zero attached hydrogens (tertiary/aromatic N) is 3. The van der Waals surface area contributed by atoms with Crippen molar-refractivity contribution in [1.82, 2.24) is 14.6 Å². The van der Waals surface area contributed by atoms with E-state index in [-0.39, 0.29) is 35.1 Å². The topological polar surface area (TPSA) is 109 Å². The molecule has 30 heavy (non-hydrogen) atoms. The predicted molar refractivity (Wildman–Crippen MR) is 121 cm³/mol. The van der Waals surface area contributed by atoms with Gasteiger partial charge in [-0.3, -0.25) is 9.12 Å². The van der Waals surface area contributed by atoms with Crippen molar-refractivity contribution in [1.29, 1.82) is 0 Å². The summed E-state index contributed by atoms with van der Waals surface area (Å²) in [4.78, 5) is 0. The van der Waals surface area contributed by atoms with Crippen LogP contribution in [0.15, 0.2) is 24.4 Å². The van der Waals surface area contributed by atoms with E-state index in [1.54, 1.807) is 23.5 Å². The van der Waals surface area contributed by atoms with Crippen molar-refractivity contribution < 1.29 is 17.9 Å². The summed E-state index contributed by atoms with van der Waals surface area (Å²) in [5, 5.41) is 20.3. The Morgan fingerprint density at radius 2 is 2.07 bits per heavy atom. The van der Waals surface area contributed by atoms with Gasteiger partial charge in [0.1, 0.15) is 16.7 Å². The molecule has 8 nitrogen and oxygen atoms in total. The lowest BCUT2D eigenvalue weighted by molar-refractivity contribution is 0.283. The molecule has 0 aliphatic heterocycles. The molecule has 1 aliphatic carbocycles. The summed E-state index contributed by atoms with van der Waals surface area (Å²) < 4.78 is 44.4. The average molecular weight is 566 g/mol. The number of aryl methyl sites for hydroxylation is 1. The molecule has 0 unspecified atom stereocenters. The molecule has 0 radical (unpaired) electrons. The van der Waals surface area contributed by atoms with Crippen LogP contribution in [0.3, 0.4) is 0 Å². The highest BCUT2D eigenvalue weighted by atomic mass is 127. The molecule has 1 saturated carbocycles. The van der Waals surface area contributed by atoms with Gasteiger partial charge < -0.3 is 10.4 Å². The molecule has 1 aliphatic rings. The van der Waals surface area contributed by atoms with Crippen LogP contribution in [0.4, 0.5) is 21.5 Å². The number of sulfonamides is 1. The van der Waals surface area contributed by atoms with Crippen LogP contribution in [-0.2, 0) is 10.0 Å². The van der Waals surface area contributed by atoms with Gasteiger partial charge in [-0.1, -0.05) is 11.6 Å². The quantitative estimate of drug-likeness (QED) is 0.376. The highest BCUT2D eigenvalue weighted by Gasteiger charge is 2.54. The van der Waals surface area contributed by atoms with E-state index in [1.165, 1.54) is 12.3 Å². The third-order valence-corrected chi connectivity index (χ3v) is 8.46. The van der Waals surface area contributed by atoms with Crippen molar-refractivity contribution in [3.8, 4) is 0 Å². The number of hydrogen-bond donors (Lipinski definition) is 3. The van der Waals surface area contributed by atoms with E-state index in [2.05, 4.69) is 20.2 Å². The maximum atomic E-state index is 14.4. The predicted octanol–water partition coefficient (Wildman–Crippen LogP) is 3.84. The lowest BCUT2D eigenvalue weighted by Crippen LogP contribution is -2.31. The van der Waals surface area contributed by atoms with E-state index in [1.807, 2.05) is 22.6 Å². The minimum absolute atomic E-state index is 0.0979. The lowest BCUT2D eigenvalue weighted by Gasteiger charge is -2.20. The van der Waals surface area contributed by atoms with Crippen LogP contribution in [0, 0.1) is 16.3 Å². The normalized spacial score (nSPS) is 15.4. The Balaban J connectivity index is 1.83. The van der Waals surface area contributed by atoms with Crippen LogP contribution in [0.5, 0.6) is 0 Å². The van der Waals surface area contributed by atoms with E-state index in [0.29, 0.717) is 27.9 Å². The number of pyridine rings is 1. The van der Waals surface area contributed by atoms with E-state index >= 15 is 0 Å². The molecule has 1 aromatic carbocycles. The Bertz CT molecular complexity index is 1250. The lowest BCUT2D eigenvalue weighted by atomic mass is 10.2. The molecule has 3 aromatic rings. The van der Waals surface area contributed by atoms with Crippen molar-refractivity contribution in [2.45, 2.75) is 30.9 Å². The highest BCUT2D eigenvalue weighted by molar-refractivity contribution is 14.1. The van der Waals surface area contributed by atoms with E-state index in [4.69, 9.17) is 11.6 Å². The third kappa shape index (κ3) is 3.72. The first-order valence-electron chi connectivity index (χ1n) is 9.06. The Morgan fingerprint density at radius 1 is 1.33 bits per heavy atom. The molecule has 3 N–H and O–H groups in total. The number of anilines is 3. The second kappa shape index (κ2) is 7.77. The molecule has 0 amide bonds. The van der Waals surface area contributed by atoms with Gasteiger partial charge in [-0.25, -0.2) is 12.8 Å². The van der Waals surface area contributed by atoms with Gasteiger partial charge >= 0.3 is 0 Å². The zero-order chi connectivity index (χ0) is 21.7. The SMILES string of the molecule is Cc1nnc2c(Cl)c(Nc3ccc(I)cc3F)c(NS(=O)(=O)C3(CCO)CC3)cn12. The van der Waals surface area contributed by atoms with Crippen molar-refractivity contribution >= 4 is 66.9 Å². The monoisotopic (exact) mass is 565 g/mol. The minimum Gasteiger partial charge on any atom is -0.396 e. The molecule has 0 atom stereocenters. The van der Waals surface area contributed by atoms with Gasteiger partial charge in [-0.15, -0.1) is 10.2 Å². The summed E-state index contributed by atoms with van der Waals surface area (Å²) in [5.74, 6) is -0.000856. The van der Waals surface area contributed by atoms with Gasteiger partial charge in [0.25, 0.3) is 0 Å². The first-order valence-corrected chi connectivity index (χ1v) is 12.0. The number of fused-ring (bicyclic) bond motifs is 1. The molecule has 2 heterocycles. The molecular weight excluding hydrogens is 548 g/mol. The van der Waals surface area contributed by atoms with Crippen molar-refractivity contribution in [3.05, 3.63) is 44.6 Å². The van der Waals surface area contributed by atoms with E-state index in [9.17, 15) is 17.9 Å². The number of hydrogen-bond acceptors (Lipinski definition) is 6. The number of benzene rings is 1. The maximum absolute atomic E-state index is 14.4. The maximum Gasteiger partial charge on any atom is 0.238 e. The number of nitrogens with one attached hydrogen (secondary N) is 2. The summed E-state index contributed by atoms with van der Waals surface area (Å²) in [6.07, 6.45) is 2.56. The van der Waals surface area contributed by atoms with Crippen molar-refractivity contribution in [2.75, 3.05) is 16.6 Å². The van der Waals surface area contributed by atoms with Crippen LogP contribution in [0.2, 0.25) is 5.02 Å². The van der Waals surface area contributed by atoms with Gasteiger partial charge in [0.2, 0.25) is 10.0 Å². The van der Waals surface area contributed by atoms with Crippen LogP contribution < -0.4 is 10.0 Å². The van der Waals surface area contributed by atoms with Crippen molar-refractivity contribution in [2.24, 2.45) is 0 Å². The minimum atomic E-state index is -3.83. The molecule has 2 aromatic heterocycles. The number of rotatable bonds is 7. The molecule has 4 rings (SSSR count). The zero-order valence-corrected chi connectivity index (χ0v) is 19.5. The van der Waals surface area contributed by atoms with Gasteiger partial charge in [-0.2, -0.15) is 0 Å². The first kappa shape index (κ1) is 21.5. The largest absolute Gasteiger partial charge is 0.396 e. The Morgan fingerprint density at radius 3 is 2.70 bits per heavy atom. The molecule has 160 valence electrons. The Kier molecular flexibility index (Phi) is 5.58. The second-order valence-corrected chi connectivity index (χ2v) is 10.9. The average Bonchev–Trinajstić information content (AvgIpc) is 3.38. The van der Waals surface area contributed by atoms with Crippen LogP contribution >= 0.6 is 34.2 Å². The standard InChI is InChI=1S/C18H18ClFIN5O3S/c1-10-23-24-17-15(19)16(22-13-3-2-11(21)8-12(13)20)14(9-26(10)17)25-30(28,29)18(4-5-18)6-7-27/h2-3,8-9,22,25,27H,4-7H2,1H3. The van der Waals surface area contributed by atoms with E-state index < -0.39 is 20.6 Å². The van der Waals surface area contributed by atoms with Gasteiger partial charge in [0.15, 0.2) is 5.65 Å². The third-order valence-electron chi connectivity index (χ3n) is 5.19. The summed E-state index contributed by atoms with van der Waals surface area (Å²) in [6, 6.07) is 4.60. The fourth-order valence-corrected chi connectivity index (χ4v) is 5.66. The van der Waals surface area contributed by atoms with Gasteiger partial charge in [-0.05, 0) is 67.0 Å². The van der Waals surface area contributed by atoms with Crippen LogP contribution in [0.1, 0.15) is 25.1 Å². The first-order chi connectivity index (χ1) is 14.2. The van der Waals surface area contributed by atoms with E-state index in [0.717, 1.165) is 0 Å². The van der Waals surface area contributed by atoms with Crippen molar-refractivity contribution in [3.63, 3.8) is 0 Å². The highest BCUT2D eigenvalue weighted by Crippen LogP contribution is 2.48. The Hall–Kier alpha value is -1.70. The number of halogens is 3. The fraction of sp³-hybridized carbons (Fsp3) is 0.333. The molecule has 1 fully saturated rings. The summed E-state index contributed by atoms with van der Waals surface area (Å²) in [5.41, 5.74) is 0.745. The molecule has 0 bridgehead atoms. The fourth-order valence-electron chi connectivity index (χ4n) is 3.27. The zero-order valence-electron chi connectivity index (χ0n) is 15.8. The molecule has 0 spiro atoms. The number of aliphatic hydroxyl groups excluding tert-OH is 1. The number of aliphatic hydroxyl groups is 1. The smallest absolute Gasteiger partial charge is 0.238 e. The summed E-state index contributed by atoms with van der Waals surface area (Å²) >= 11 is 8.52. The summed E-state index contributed by atoms with van der Waals surface area (Å²) in [6.45, 7) is 1.47. The van der Waals surface area contributed by atoms with Gasteiger partial charge in [0.05, 0.1) is 21.8 Å². The number of aromatic nitrogens is 3. The molecule has 0 saturated heterocycles. The van der Waals surface area contributed by atoms with Crippen LogP contribution in [-0.4, -0.2) is 39.5 Å². The molecular formula is C18H18ClFIN5O3S. The van der Waals surface area contributed by atoms with Crippen LogP contribution in [0.25, 0.3) is 5.65 Å².